The van der Waals surface area contributed by atoms with E-state index >= 15 is 0 Å². The summed E-state index contributed by atoms with van der Waals surface area (Å²) in [7, 11) is 0. The van der Waals surface area contributed by atoms with Crippen LogP contribution in [0, 0.1) is 0 Å². The molecule has 0 spiro atoms. The zero-order valence-electron chi connectivity index (χ0n) is 5.83. The summed E-state index contributed by atoms with van der Waals surface area (Å²) in [5.74, 6) is -0.932. The maximum atomic E-state index is 10.1. The summed E-state index contributed by atoms with van der Waals surface area (Å²) in [4.78, 5) is 20.1. The van der Waals surface area contributed by atoms with Crippen LogP contribution in [-0.4, -0.2) is 22.9 Å². The van der Waals surface area contributed by atoms with Crippen molar-refractivity contribution in [3.8, 4) is 0 Å². The van der Waals surface area contributed by atoms with Gasteiger partial charge in [-0.2, -0.15) is 0 Å². The molecule has 10 heavy (non-hydrogen) atoms. The summed E-state index contributed by atoms with van der Waals surface area (Å²) >= 11 is 0. The maximum Gasteiger partial charge on any atom is 0.303 e. The van der Waals surface area contributed by atoms with E-state index in [0.717, 1.165) is 0 Å². The lowest BCUT2D eigenvalue weighted by Crippen LogP contribution is -2.38. The van der Waals surface area contributed by atoms with Crippen LogP contribution in [0.25, 0.3) is 0 Å². The van der Waals surface area contributed by atoms with Crippen molar-refractivity contribution in [1.29, 1.82) is 0 Å². The molecule has 3 N–H and O–H groups in total. The molecule has 0 aromatic rings. The predicted octanol–water partition coefficient (Wildman–Crippen LogP) is -0.233. The Hall–Kier alpha value is -0.900. The fraction of sp³-hybridized carbons (Fsp3) is 0.667. The van der Waals surface area contributed by atoms with E-state index in [-0.39, 0.29) is 12.8 Å². The van der Waals surface area contributed by atoms with Crippen LogP contribution in [-0.2, 0) is 9.59 Å². The van der Waals surface area contributed by atoms with Gasteiger partial charge in [0.25, 0.3) is 0 Å². The second kappa shape index (κ2) is 3.31. The maximum absolute atomic E-state index is 10.1. The monoisotopic (exact) mass is 145 g/mol. The smallest absolute Gasteiger partial charge is 0.303 e. The van der Waals surface area contributed by atoms with Crippen molar-refractivity contribution < 1.29 is 14.7 Å². The highest BCUT2D eigenvalue weighted by Gasteiger charge is 2.17. The summed E-state index contributed by atoms with van der Waals surface area (Å²) in [5.41, 5.74) is 4.35. The zero-order valence-corrected chi connectivity index (χ0v) is 5.83. The van der Waals surface area contributed by atoms with Gasteiger partial charge in [-0.25, -0.2) is 0 Å². The highest BCUT2D eigenvalue weighted by molar-refractivity contribution is 5.69. The van der Waals surface area contributed by atoms with Gasteiger partial charge in [0.2, 0.25) is 0 Å². The molecule has 58 valence electrons. The van der Waals surface area contributed by atoms with Crippen LogP contribution in [0.1, 0.15) is 19.8 Å². The molecule has 4 heteroatoms. The van der Waals surface area contributed by atoms with Crippen LogP contribution >= 0.6 is 0 Å². The topological polar surface area (TPSA) is 80.4 Å². The van der Waals surface area contributed by atoms with Gasteiger partial charge in [-0.1, -0.05) is 0 Å². The highest BCUT2D eigenvalue weighted by Crippen LogP contribution is 2.04. The number of aliphatic carboxylic acids is 1. The number of nitrogens with two attached hydrogens (primary N) is 1. The number of carboxylic acid groups (broad SMARTS) is 1. The molecule has 0 amide bonds. The molecule has 0 unspecified atom stereocenters. The lowest BCUT2D eigenvalue weighted by atomic mass is 10.00. The van der Waals surface area contributed by atoms with Gasteiger partial charge in [-0.15, -0.1) is 0 Å². The van der Waals surface area contributed by atoms with Gasteiger partial charge in [-0.3, -0.25) is 4.79 Å². The van der Waals surface area contributed by atoms with Crippen molar-refractivity contribution in [1.82, 2.24) is 0 Å². The molecule has 0 bridgehead atoms. The average Bonchev–Trinajstić information content (AvgIpc) is 1.85. The Labute approximate surface area is 59.0 Å². The van der Waals surface area contributed by atoms with Crippen molar-refractivity contribution in [3.63, 3.8) is 0 Å². The molecule has 0 heterocycles. The van der Waals surface area contributed by atoms with Crippen LogP contribution in [0.4, 0.5) is 0 Å². The Morgan fingerprint density at radius 2 is 2.30 bits per heavy atom. The molecule has 0 aliphatic carbocycles. The van der Waals surface area contributed by atoms with E-state index in [1.165, 1.54) is 6.92 Å². The summed E-state index contributed by atoms with van der Waals surface area (Å²) in [6, 6.07) is 0. The first-order valence-corrected chi connectivity index (χ1v) is 2.95. The third-order valence-corrected chi connectivity index (χ3v) is 1.15. The normalized spacial score (nSPS) is 15.8. The summed E-state index contributed by atoms with van der Waals surface area (Å²) < 4.78 is 0. The quantitative estimate of drug-likeness (QED) is 0.535. The first-order chi connectivity index (χ1) is 4.48. The third-order valence-electron chi connectivity index (χ3n) is 1.15. The van der Waals surface area contributed by atoms with Gasteiger partial charge < -0.3 is 15.6 Å². The molecule has 1 atom stereocenters. The van der Waals surface area contributed by atoms with Crippen LogP contribution in [0.2, 0.25) is 0 Å². The van der Waals surface area contributed by atoms with Crippen LogP contribution < -0.4 is 5.73 Å². The third kappa shape index (κ3) is 4.03. The molecule has 0 aromatic heterocycles. The standard InChI is InChI=1S/C6H11NO3/c1-6(7,4-8)3-2-5(9)10/h4H,2-3,7H2,1H3,(H,9,10)/t6-/m0/s1. The molecule has 0 rings (SSSR count). The fourth-order valence-corrected chi connectivity index (χ4v) is 0.435. The van der Waals surface area contributed by atoms with Crippen LogP contribution in [0.5, 0.6) is 0 Å². The average molecular weight is 145 g/mol. The molecule has 4 nitrogen and oxygen atoms in total. The molecule has 0 saturated heterocycles. The second-order valence-corrected chi connectivity index (χ2v) is 2.52. The Morgan fingerprint density at radius 1 is 1.80 bits per heavy atom. The number of carbonyl (C=O) groups excluding carboxylic acids is 1. The van der Waals surface area contributed by atoms with E-state index in [1.54, 1.807) is 0 Å². The zero-order chi connectivity index (χ0) is 8.20. The first-order valence-electron chi connectivity index (χ1n) is 2.95. The minimum Gasteiger partial charge on any atom is -0.481 e. The van der Waals surface area contributed by atoms with Crippen molar-refractivity contribution in [2.75, 3.05) is 0 Å². The van der Waals surface area contributed by atoms with Crippen molar-refractivity contribution in [2.24, 2.45) is 5.73 Å². The molecule has 0 aliphatic heterocycles. The van der Waals surface area contributed by atoms with E-state index < -0.39 is 11.5 Å². The van der Waals surface area contributed by atoms with E-state index in [4.69, 9.17) is 10.8 Å². The molecule has 0 saturated carbocycles. The molecular weight excluding hydrogens is 134 g/mol. The lowest BCUT2D eigenvalue weighted by molar-refractivity contribution is -0.137. The highest BCUT2D eigenvalue weighted by atomic mass is 16.4. The second-order valence-electron chi connectivity index (χ2n) is 2.52. The number of rotatable bonds is 4. The van der Waals surface area contributed by atoms with Gasteiger partial charge in [-0.05, 0) is 13.3 Å². The van der Waals surface area contributed by atoms with Gasteiger partial charge in [0, 0.05) is 6.42 Å². The van der Waals surface area contributed by atoms with Crippen molar-refractivity contribution in [3.05, 3.63) is 0 Å². The van der Waals surface area contributed by atoms with Gasteiger partial charge in [0.15, 0.2) is 0 Å². The summed E-state index contributed by atoms with van der Waals surface area (Å²) in [6.07, 6.45) is 0.688. The van der Waals surface area contributed by atoms with Gasteiger partial charge >= 0.3 is 5.97 Å². The molecule has 0 aliphatic rings. The minimum absolute atomic E-state index is 0.0637. The Morgan fingerprint density at radius 3 is 2.60 bits per heavy atom. The SMILES string of the molecule is C[C@@](N)(C=O)CCC(=O)O. The fourth-order valence-electron chi connectivity index (χ4n) is 0.435. The summed E-state index contributed by atoms with van der Waals surface area (Å²) in [6.45, 7) is 1.50. The van der Waals surface area contributed by atoms with E-state index in [0.29, 0.717) is 6.29 Å². The van der Waals surface area contributed by atoms with Gasteiger partial charge in [0.1, 0.15) is 6.29 Å². The van der Waals surface area contributed by atoms with Crippen LogP contribution in [0.3, 0.4) is 0 Å². The van der Waals surface area contributed by atoms with E-state index in [2.05, 4.69) is 0 Å². The number of hydrogen-bond donors (Lipinski definition) is 2. The van der Waals surface area contributed by atoms with Crippen LogP contribution in [0.15, 0.2) is 0 Å². The van der Waals surface area contributed by atoms with Gasteiger partial charge in [0.05, 0.1) is 5.54 Å². The minimum atomic E-state index is -0.988. The number of hydrogen-bond acceptors (Lipinski definition) is 3. The molecular formula is C6H11NO3. The van der Waals surface area contributed by atoms with Crippen molar-refractivity contribution in [2.45, 2.75) is 25.3 Å². The Kier molecular flexibility index (Phi) is 3.02. The largest absolute Gasteiger partial charge is 0.481 e. The molecule has 0 aromatic carbocycles. The number of carbonyl (C=O) groups is 2. The first kappa shape index (κ1) is 9.10. The van der Waals surface area contributed by atoms with E-state index in [9.17, 15) is 9.59 Å². The Bertz CT molecular complexity index is 142. The number of aldehydes is 1. The van der Waals surface area contributed by atoms with E-state index in [1.807, 2.05) is 0 Å². The molecule has 0 fully saturated rings. The van der Waals surface area contributed by atoms with Crippen molar-refractivity contribution >= 4 is 12.3 Å². The number of carboxylic acids is 1. The Balaban J connectivity index is 3.67. The molecule has 0 radical (unpaired) electrons. The summed E-state index contributed by atoms with van der Waals surface area (Å²) in [5, 5.41) is 8.20. The predicted molar refractivity (Wildman–Crippen MR) is 35.5 cm³/mol. The lowest BCUT2D eigenvalue weighted by Gasteiger charge is -2.14.